The summed E-state index contributed by atoms with van der Waals surface area (Å²) in [6.07, 6.45) is 8.97. The largest absolute Gasteiger partial charge is 0.497 e. The molecule has 1 aromatic heterocycles. The molecule has 3 aliphatic heterocycles. The Morgan fingerprint density at radius 2 is 1.89 bits per heavy atom. The van der Waals surface area contributed by atoms with Gasteiger partial charge in [-0.05, 0) is 105 Å². The van der Waals surface area contributed by atoms with Gasteiger partial charge in [-0.1, -0.05) is 39.2 Å². The van der Waals surface area contributed by atoms with Gasteiger partial charge in [0.25, 0.3) is 5.91 Å². The van der Waals surface area contributed by atoms with Crippen molar-refractivity contribution in [2.24, 2.45) is 10.8 Å². The average molecular weight is 629 g/mol. The third-order valence-electron chi connectivity index (χ3n) is 11.0. The van der Waals surface area contributed by atoms with E-state index in [4.69, 9.17) is 4.74 Å². The number of likely N-dealkylation sites (tertiary alicyclic amines) is 1. The molecular weight excluding hydrogens is 580 g/mol. The molecule has 2 aromatic carbocycles. The lowest BCUT2D eigenvalue weighted by atomic mass is 9.79. The molecule has 7 rings (SSSR count). The molecule has 0 bridgehead atoms. The number of benzene rings is 2. The topological polar surface area (TPSA) is 75.6 Å². The zero-order valence-corrected chi connectivity index (χ0v) is 28.2. The summed E-state index contributed by atoms with van der Waals surface area (Å²) in [5.74, 6) is 1.45. The van der Waals surface area contributed by atoms with Crippen LogP contribution >= 0.6 is 11.9 Å². The van der Waals surface area contributed by atoms with E-state index in [1.165, 1.54) is 71.8 Å². The minimum Gasteiger partial charge on any atom is -0.497 e. The van der Waals surface area contributed by atoms with Gasteiger partial charge in [-0.15, -0.1) is 0 Å². The predicted molar refractivity (Wildman–Crippen MR) is 183 cm³/mol. The summed E-state index contributed by atoms with van der Waals surface area (Å²) in [6.45, 7) is 10.6. The summed E-state index contributed by atoms with van der Waals surface area (Å²) in [4.78, 5) is 30.2. The number of methoxy groups -OCH3 is 1. The van der Waals surface area contributed by atoms with E-state index in [1.54, 1.807) is 7.11 Å². The molecule has 45 heavy (non-hydrogen) atoms. The van der Waals surface area contributed by atoms with Crippen LogP contribution in [0.3, 0.4) is 0 Å². The van der Waals surface area contributed by atoms with Crippen LogP contribution < -0.4 is 14.8 Å². The Morgan fingerprint density at radius 3 is 2.62 bits per heavy atom. The maximum atomic E-state index is 14.8. The summed E-state index contributed by atoms with van der Waals surface area (Å²) in [5.41, 5.74) is 6.29. The average Bonchev–Trinajstić information content (AvgIpc) is 3.75. The molecule has 1 aliphatic carbocycles. The van der Waals surface area contributed by atoms with Crippen molar-refractivity contribution < 1.29 is 14.3 Å². The highest BCUT2D eigenvalue weighted by Crippen LogP contribution is 2.49. The number of hydrogen-bond acceptors (Lipinski definition) is 5. The van der Waals surface area contributed by atoms with Gasteiger partial charge in [-0.25, -0.2) is 0 Å². The second-order valence-corrected chi connectivity index (χ2v) is 16.1. The Morgan fingerprint density at radius 1 is 1.07 bits per heavy atom. The van der Waals surface area contributed by atoms with Gasteiger partial charge in [0.15, 0.2) is 0 Å². The second kappa shape index (κ2) is 12.0. The van der Waals surface area contributed by atoms with Gasteiger partial charge in [0.1, 0.15) is 5.75 Å². The third-order valence-corrected chi connectivity index (χ3v) is 11.8. The van der Waals surface area contributed by atoms with Crippen LogP contribution in [0.15, 0.2) is 36.4 Å². The van der Waals surface area contributed by atoms with Crippen LogP contribution in [0.5, 0.6) is 5.75 Å². The summed E-state index contributed by atoms with van der Waals surface area (Å²) in [7, 11) is 1.72. The predicted octanol–water partition coefficient (Wildman–Crippen LogP) is 6.93. The molecule has 2 unspecified atom stereocenters. The van der Waals surface area contributed by atoms with E-state index in [0.717, 1.165) is 50.3 Å². The van der Waals surface area contributed by atoms with Gasteiger partial charge in [-0.2, -0.15) is 0 Å². The zero-order chi connectivity index (χ0) is 31.3. The van der Waals surface area contributed by atoms with Crippen LogP contribution in [-0.4, -0.2) is 59.8 Å². The van der Waals surface area contributed by atoms with Gasteiger partial charge in [-0.3, -0.25) is 14.3 Å². The highest BCUT2D eigenvalue weighted by Gasteiger charge is 2.48. The van der Waals surface area contributed by atoms with Gasteiger partial charge in [0.05, 0.1) is 18.2 Å². The van der Waals surface area contributed by atoms with Crippen molar-refractivity contribution in [1.29, 1.82) is 0 Å². The highest BCUT2D eigenvalue weighted by atomic mass is 32.2. The number of hydrogen-bond donors (Lipinski definition) is 2. The molecule has 1 spiro atoms. The van der Waals surface area contributed by atoms with Gasteiger partial charge in [0.2, 0.25) is 5.91 Å². The number of ether oxygens (including phenoxy) is 1. The number of carbonyl (C=O) groups excluding carboxylic acids is 2. The molecule has 4 heterocycles. The van der Waals surface area contributed by atoms with E-state index in [-0.39, 0.29) is 17.2 Å². The molecule has 2 amide bonds. The second-order valence-electron chi connectivity index (χ2n) is 14.7. The van der Waals surface area contributed by atoms with Crippen molar-refractivity contribution in [1.82, 2.24) is 19.5 Å². The standard InChI is InChI=1S/C37H48N4O3S/c1-24(2)45-39-34(42)26-10-12-30-31(19-26)41-22-36(3,35(43)40-17-15-37(23-40)14-16-38-21-37)20-27-18-28(44-4)11-13-29(27)33(41)32(30)25-8-6-5-7-9-25/h10-13,18-19,24-25,38H,5-9,14-17,20-23H2,1-4H3,(H,39,42). The molecule has 2 atom stereocenters. The highest BCUT2D eigenvalue weighted by molar-refractivity contribution is 7.98. The molecule has 4 aliphatic rings. The minimum atomic E-state index is -0.647. The molecule has 7 nitrogen and oxygen atoms in total. The van der Waals surface area contributed by atoms with E-state index >= 15 is 0 Å². The lowest BCUT2D eigenvalue weighted by Crippen LogP contribution is -2.45. The number of nitrogens with one attached hydrogen (secondary N) is 2. The summed E-state index contributed by atoms with van der Waals surface area (Å²) in [6, 6.07) is 12.7. The smallest absolute Gasteiger partial charge is 0.261 e. The normalized spacial score (nSPS) is 25.0. The van der Waals surface area contributed by atoms with E-state index in [2.05, 4.69) is 70.6 Å². The van der Waals surface area contributed by atoms with E-state index in [1.807, 2.05) is 6.07 Å². The Labute approximate surface area is 272 Å². The summed E-state index contributed by atoms with van der Waals surface area (Å²) in [5, 5.41) is 5.06. The molecule has 0 radical (unpaired) electrons. The van der Waals surface area contributed by atoms with Crippen molar-refractivity contribution in [3.63, 3.8) is 0 Å². The number of aromatic nitrogens is 1. The first-order valence-electron chi connectivity index (χ1n) is 17.0. The first kappa shape index (κ1) is 30.7. The van der Waals surface area contributed by atoms with Crippen molar-refractivity contribution in [2.75, 3.05) is 33.3 Å². The summed E-state index contributed by atoms with van der Waals surface area (Å²) < 4.78 is 11.2. The van der Waals surface area contributed by atoms with Gasteiger partial charge >= 0.3 is 0 Å². The molecule has 3 fully saturated rings. The number of amides is 2. The molecule has 8 heteroatoms. The lowest BCUT2D eigenvalue weighted by Gasteiger charge is -2.33. The fraction of sp³-hybridized carbons (Fsp3) is 0.568. The van der Waals surface area contributed by atoms with Crippen molar-refractivity contribution in [3.8, 4) is 17.0 Å². The van der Waals surface area contributed by atoms with Gasteiger partial charge in [0, 0.05) is 58.9 Å². The fourth-order valence-electron chi connectivity index (χ4n) is 8.68. The van der Waals surface area contributed by atoms with Crippen LogP contribution in [0, 0.1) is 10.8 Å². The zero-order valence-electron chi connectivity index (χ0n) is 27.3. The Kier molecular flexibility index (Phi) is 8.18. The maximum absolute atomic E-state index is 14.8. The SMILES string of the molecule is COc1ccc2c(c1)CC(C)(C(=O)N1CCC3(CCNC3)C1)Cn1c-2c(C2CCCCC2)c2ccc(C(=O)NSC(C)C)cc21. The minimum absolute atomic E-state index is 0.0736. The third kappa shape index (κ3) is 5.56. The van der Waals surface area contributed by atoms with Crippen LogP contribution in [0.4, 0.5) is 0 Å². The Balaban J connectivity index is 1.39. The number of carbonyl (C=O) groups is 2. The number of fused-ring (bicyclic) bond motifs is 5. The van der Waals surface area contributed by atoms with Crippen LogP contribution in [0.25, 0.3) is 22.2 Å². The molecule has 240 valence electrons. The van der Waals surface area contributed by atoms with Gasteiger partial charge < -0.3 is 19.5 Å². The Hall–Kier alpha value is -2.97. The van der Waals surface area contributed by atoms with E-state index in [0.29, 0.717) is 29.7 Å². The molecular formula is C37H48N4O3S. The van der Waals surface area contributed by atoms with E-state index in [9.17, 15) is 9.59 Å². The fourth-order valence-corrected chi connectivity index (χ4v) is 9.14. The molecule has 1 saturated carbocycles. The van der Waals surface area contributed by atoms with Crippen LogP contribution in [0.1, 0.15) is 93.1 Å². The molecule has 2 saturated heterocycles. The van der Waals surface area contributed by atoms with Crippen LogP contribution in [-0.2, 0) is 17.8 Å². The van der Waals surface area contributed by atoms with Crippen molar-refractivity contribution >= 4 is 34.7 Å². The number of rotatable bonds is 6. The first-order valence-corrected chi connectivity index (χ1v) is 17.9. The number of nitrogens with zero attached hydrogens (tertiary/aromatic N) is 2. The maximum Gasteiger partial charge on any atom is 0.261 e. The van der Waals surface area contributed by atoms with Crippen molar-refractivity contribution in [2.45, 2.75) is 89.9 Å². The Bertz CT molecular complexity index is 1620. The van der Waals surface area contributed by atoms with E-state index < -0.39 is 5.41 Å². The quantitative estimate of drug-likeness (QED) is 0.290. The lowest BCUT2D eigenvalue weighted by molar-refractivity contribution is -0.141. The van der Waals surface area contributed by atoms with Crippen LogP contribution in [0.2, 0.25) is 0 Å². The first-order chi connectivity index (χ1) is 21.7. The summed E-state index contributed by atoms with van der Waals surface area (Å²) >= 11 is 1.45. The monoisotopic (exact) mass is 628 g/mol. The van der Waals surface area contributed by atoms with Crippen molar-refractivity contribution in [3.05, 3.63) is 53.1 Å². The molecule has 3 aromatic rings. The molecule has 2 N–H and O–H groups in total.